The van der Waals surface area contributed by atoms with Crippen LogP contribution in [0.1, 0.15) is 44.9 Å². The highest BCUT2D eigenvalue weighted by Crippen LogP contribution is 2.41. The number of fused-ring (bicyclic) bond motifs is 1. The summed E-state index contributed by atoms with van der Waals surface area (Å²) >= 11 is 0. The molecule has 0 amide bonds. The minimum atomic E-state index is -5.78. The highest BCUT2D eigenvalue weighted by atomic mass is 32.2. The Morgan fingerprint density at radius 2 is 1.70 bits per heavy atom. The second kappa shape index (κ2) is 5.55. The fourth-order valence-corrected chi connectivity index (χ4v) is 3.52. The van der Waals surface area contributed by atoms with Crippen molar-refractivity contribution in [3.05, 3.63) is 0 Å². The highest BCUT2D eigenvalue weighted by molar-refractivity contribution is 7.87. The first kappa shape index (κ1) is 15.6. The number of hydrogen-bond donors (Lipinski definition) is 1. The first-order valence-electron chi connectivity index (χ1n) is 6.77. The van der Waals surface area contributed by atoms with E-state index in [1.165, 1.54) is 6.42 Å². The number of esters is 1. The van der Waals surface area contributed by atoms with Crippen LogP contribution < -0.4 is 0 Å². The molecule has 2 fully saturated rings. The van der Waals surface area contributed by atoms with Crippen LogP contribution in [-0.4, -0.2) is 30.3 Å². The molecule has 2 aliphatic rings. The van der Waals surface area contributed by atoms with Crippen LogP contribution in [0.5, 0.6) is 0 Å². The van der Waals surface area contributed by atoms with Gasteiger partial charge in [-0.1, -0.05) is 25.7 Å². The molecule has 5 nitrogen and oxygen atoms in total. The lowest BCUT2D eigenvalue weighted by molar-refractivity contribution is -0.170. The largest absolute Gasteiger partial charge is 0.465 e. The SMILES string of the molecule is O=C(OC1CCC2CCCCC2C1)C(F)(F)S(=O)(=O)O. The molecule has 8 heteroatoms. The summed E-state index contributed by atoms with van der Waals surface area (Å²) in [5.74, 6) is -1.27. The zero-order valence-electron chi connectivity index (χ0n) is 10.9. The summed E-state index contributed by atoms with van der Waals surface area (Å²) in [6.07, 6.45) is 5.46. The molecule has 0 spiro atoms. The Labute approximate surface area is 116 Å². The minimum absolute atomic E-state index is 0.356. The molecule has 2 aliphatic carbocycles. The molecular formula is C12H18F2O5S. The Kier molecular flexibility index (Phi) is 4.34. The zero-order valence-corrected chi connectivity index (χ0v) is 11.7. The van der Waals surface area contributed by atoms with Crippen LogP contribution in [0.25, 0.3) is 0 Å². The van der Waals surface area contributed by atoms with E-state index in [-0.39, 0.29) is 0 Å². The number of hydrogen-bond acceptors (Lipinski definition) is 4. The van der Waals surface area contributed by atoms with Crippen LogP contribution >= 0.6 is 0 Å². The number of carbonyl (C=O) groups is 1. The number of halogens is 2. The van der Waals surface area contributed by atoms with Gasteiger partial charge in [0.2, 0.25) is 0 Å². The van der Waals surface area contributed by atoms with Crippen molar-refractivity contribution in [2.45, 2.75) is 56.3 Å². The second-order valence-corrected chi connectivity index (χ2v) is 7.10. The van der Waals surface area contributed by atoms with Gasteiger partial charge in [-0.05, 0) is 31.1 Å². The van der Waals surface area contributed by atoms with Crippen molar-refractivity contribution in [2.24, 2.45) is 11.8 Å². The van der Waals surface area contributed by atoms with Crippen LogP contribution in [0.15, 0.2) is 0 Å². The van der Waals surface area contributed by atoms with Crippen molar-refractivity contribution in [3.8, 4) is 0 Å². The average molecular weight is 312 g/mol. The Hall–Kier alpha value is -0.760. The van der Waals surface area contributed by atoms with Gasteiger partial charge < -0.3 is 4.74 Å². The summed E-state index contributed by atoms with van der Waals surface area (Å²) < 4.78 is 60.1. The Morgan fingerprint density at radius 3 is 2.30 bits per heavy atom. The number of rotatable bonds is 3. The Morgan fingerprint density at radius 1 is 1.10 bits per heavy atom. The van der Waals surface area contributed by atoms with E-state index in [4.69, 9.17) is 4.55 Å². The smallest absolute Gasteiger partial charge is 0.457 e. The summed E-state index contributed by atoms with van der Waals surface area (Å²) in [7, 11) is -5.78. The monoisotopic (exact) mass is 312 g/mol. The fraction of sp³-hybridized carbons (Fsp3) is 0.917. The van der Waals surface area contributed by atoms with Crippen molar-refractivity contribution in [3.63, 3.8) is 0 Å². The Bertz CT molecular complexity index is 476. The summed E-state index contributed by atoms with van der Waals surface area (Å²) in [5, 5.41) is -4.89. The summed E-state index contributed by atoms with van der Waals surface area (Å²) in [5.41, 5.74) is 0. The third-order valence-corrected chi connectivity index (χ3v) is 5.14. The lowest BCUT2D eigenvalue weighted by atomic mass is 9.70. The second-order valence-electron chi connectivity index (χ2n) is 5.64. The van der Waals surface area contributed by atoms with Gasteiger partial charge in [0.25, 0.3) is 0 Å². The topological polar surface area (TPSA) is 80.7 Å². The first-order valence-corrected chi connectivity index (χ1v) is 8.21. The van der Waals surface area contributed by atoms with Crippen LogP contribution in [0.2, 0.25) is 0 Å². The van der Waals surface area contributed by atoms with Crippen molar-refractivity contribution in [2.75, 3.05) is 0 Å². The number of alkyl halides is 2. The standard InChI is InChI=1S/C12H18F2O5S/c13-12(14,20(16,17)18)11(15)19-10-6-5-8-3-1-2-4-9(8)7-10/h8-10H,1-7H2,(H,16,17,18). The average Bonchev–Trinajstić information content (AvgIpc) is 2.37. The Balaban J connectivity index is 1.96. The highest BCUT2D eigenvalue weighted by Gasteiger charge is 2.55. The minimum Gasteiger partial charge on any atom is -0.457 e. The van der Waals surface area contributed by atoms with Gasteiger partial charge in [0, 0.05) is 0 Å². The molecule has 20 heavy (non-hydrogen) atoms. The van der Waals surface area contributed by atoms with Crippen molar-refractivity contribution >= 4 is 16.1 Å². The van der Waals surface area contributed by atoms with Gasteiger partial charge in [0.05, 0.1) is 0 Å². The molecular weight excluding hydrogens is 294 g/mol. The van der Waals surface area contributed by atoms with Gasteiger partial charge in [-0.25, -0.2) is 4.79 Å². The van der Waals surface area contributed by atoms with Crippen LogP contribution in [0.4, 0.5) is 8.78 Å². The third-order valence-electron chi connectivity index (χ3n) is 4.33. The zero-order chi connectivity index (χ0) is 15.0. The molecule has 3 atom stereocenters. The predicted molar refractivity (Wildman–Crippen MR) is 65.7 cm³/mol. The van der Waals surface area contributed by atoms with Crippen LogP contribution in [-0.2, 0) is 19.6 Å². The fourth-order valence-electron chi connectivity index (χ4n) is 3.26. The summed E-state index contributed by atoms with van der Waals surface area (Å²) in [6, 6.07) is 0. The number of ether oxygens (including phenoxy) is 1. The van der Waals surface area contributed by atoms with Gasteiger partial charge >= 0.3 is 21.3 Å². The van der Waals surface area contributed by atoms with E-state index in [0.717, 1.165) is 25.7 Å². The quantitative estimate of drug-likeness (QED) is 0.639. The molecule has 0 heterocycles. The van der Waals surface area contributed by atoms with Crippen molar-refractivity contribution in [1.29, 1.82) is 0 Å². The van der Waals surface area contributed by atoms with Gasteiger partial charge in [-0.3, -0.25) is 4.55 Å². The van der Waals surface area contributed by atoms with E-state index in [2.05, 4.69) is 4.74 Å². The molecule has 0 aromatic rings. The third kappa shape index (κ3) is 3.11. The van der Waals surface area contributed by atoms with Gasteiger partial charge in [-0.2, -0.15) is 17.2 Å². The lowest BCUT2D eigenvalue weighted by Gasteiger charge is -2.39. The molecule has 116 valence electrons. The molecule has 1 N–H and O–H groups in total. The summed E-state index contributed by atoms with van der Waals surface area (Å²) in [6.45, 7) is 0. The van der Waals surface area contributed by atoms with Crippen LogP contribution in [0, 0.1) is 11.8 Å². The summed E-state index contributed by atoms with van der Waals surface area (Å²) in [4.78, 5) is 11.2. The van der Waals surface area contributed by atoms with Gasteiger partial charge in [-0.15, -0.1) is 0 Å². The normalized spacial score (nSPS) is 31.4. The molecule has 0 aromatic carbocycles. The molecule has 2 rings (SSSR count). The van der Waals surface area contributed by atoms with E-state index in [1.807, 2.05) is 0 Å². The van der Waals surface area contributed by atoms with Gasteiger partial charge in [0.15, 0.2) is 0 Å². The maximum absolute atomic E-state index is 13.1. The molecule has 0 aliphatic heterocycles. The van der Waals surface area contributed by atoms with E-state index in [0.29, 0.717) is 24.7 Å². The molecule has 2 saturated carbocycles. The van der Waals surface area contributed by atoms with Crippen molar-refractivity contribution < 1.29 is 31.3 Å². The van der Waals surface area contributed by atoms with E-state index < -0.39 is 27.4 Å². The lowest BCUT2D eigenvalue weighted by Crippen LogP contribution is -2.42. The molecule has 0 bridgehead atoms. The predicted octanol–water partition coefficient (Wildman–Crippen LogP) is 2.37. The van der Waals surface area contributed by atoms with E-state index in [1.54, 1.807) is 0 Å². The van der Waals surface area contributed by atoms with Crippen LogP contribution in [0.3, 0.4) is 0 Å². The molecule has 0 aromatic heterocycles. The number of carbonyl (C=O) groups excluding carboxylic acids is 1. The molecule has 0 radical (unpaired) electrons. The molecule has 0 saturated heterocycles. The van der Waals surface area contributed by atoms with E-state index in [9.17, 15) is 22.0 Å². The maximum Gasteiger partial charge on any atom is 0.465 e. The van der Waals surface area contributed by atoms with E-state index >= 15 is 0 Å². The maximum atomic E-state index is 13.1. The van der Waals surface area contributed by atoms with Crippen molar-refractivity contribution in [1.82, 2.24) is 0 Å². The van der Waals surface area contributed by atoms with Gasteiger partial charge in [0.1, 0.15) is 6.10 Å². The molecule has 3 unspecified atom stereocenters. The first-order chi connectivity index (χ1) is 9.22.